The zero-order valence-electron chi connectivity index (χ0n) is 18.3. The first-order chi connectivity index (χ1) is 15.8. The van der Waals surface area contributed by atoms with Crippen LogP contribution in [0.2, 0.25) is 0 Å². The summed E-state index contributed by atoms with van der Waals surface area (Å²) in [5, 5.41) is 6.99. The number of hydrogen-bond acceptors (Lipinski definition) is 2. The first kappa shape index (κ1) is 19.6. The highest BCUT2D eigenvalue weighted by atomic mass is 16.1. The number of carbonyl (C=O) groups excluding carboxylic acids is 1. The van der Waals surface area contributed by atoms with Gasteiger partial charge in [-0.2, -0.15) is 0 Å². The van der Waals surface area contributed by atoms with Crippen LogP contribution in [0.3, 0.4) is 0 Å². The predicted molar refractivity (Wildman–Crippen MR) is 129 cm³/mol. The molecule has 3 aliphatic rings. The van der Waals surface area contributed by atoms with E-state index in [9.17, 15) is 4.79 Å². The van der Waals surface area contributed by atoms with Gasteiger partial charge in [0.2, 0.25) is 0 Å². The van der Waals surface area contributed by atoms with E-state index in [-0.39, 0.29) is 5.91 Å². The van der Waals surface area contributed by atoms with E-state index in [1.54, 1.807) is 0 Å². The smallest absolute Gasteiger partial charge is 0.251 e. The first-order valence-electron chi connectivity index (χ1n) is 12.1. The highest BCUT2D eigenvalue weighted by Gasteiger charge is 2.53. The molecule has 3 heteroatoms. The number of hydrogen-bond donors (Lipinski definition) is 2. The molecular formula is C29H30N2O. The van der Waals surface area contributed by atoms with E-state index in [0.717, 1.165) is 23.8 Å². The van der Waals surface area contributed by atoms with Crippen LogP contribution >= 0.6 is 0 Å². The minimum Gasteiger partial charge on any atom is -0.378 e. The van der Waals surface area contributed by atoms with Crippen molar-refractivity contribution >= 4 is 11.6 Å². The molecule has 3 aromatic carbocycles. The van der Waals surface area contributed by atoms with Crippen LogP contribution in [-0.2, 0) is 6.42 Å². The summed E-state index contributed by atoms with van der Waals surface area (Å²) in [5.41, 5.74) is 6.01. The molecule has 1 heterocycles. The molecule has 6 rings (SSSR count). The topological polar surface area (TPSA) is 41.1 Å². The Labute approximate surface area is 190 Å². The van der Waals surface area contributed by atoms with Gasteiger partial charge in [0.15, 0.2) is 0 Å². The first-order valence-corrected chi connectivity index (χ1v) is 12.1. The predicted octanol–water partition coefficient (Wildman–Crippen LogP) is 5.96. The molecule has 3 aromatic rings. The molecule has 0 aromatic heterocycles. The molecule has 32 heavy (non-hydrogen) atoms. The Bertz CT molecular complexity index is 1110. The molecule has 2 N–H and O–H groups in total. The second-order valence-electron chi connectivity index (χ2n) is 9.76. The fourth-order valence-corrected chi connectivity index (χ4v) is 6.68. The molecule has 2 bridgehead atoms. The van der Waals surface area contributed by atoms with Crippen molar-refractivity contribution in [2.75, 3.05) is 11.9 Å². The summed E-state index contributed by atoms with van der Waals surface area (Å²) in [6, 6.07) is 27.9. The van der Waals surface area contributed by atoms with Gasteiger partial charge in [-0.05, 0) is 84.2 Å². The summed E-state index contributed by atoms with van der Waals surface area (Å²) in [6.45, 7) is 0.658. The van der Waals surface area contributed by atoms with Crippen LogP contribution in [0.5, 0.6) is 0 Å². The Morgan fingerprint density at radius 3 is 2.47 bits per heavy atom. The van der Waals surface area contributed by atoms with Gasteiger partial charge in [-0.15, -0.1) is 0 Å². The lowest BCUT2D eigenvalue weighted by atomic mass is 9.68. The number of nitrogens with one attached hydrogen (secondary N) is 2. The van der Waals surface area contributed by atoms with Gasteiger partial charge in [-0.1, -0.05) is 60.7 Å². The van der Waals surface area contributed by atoms with E-state index in [0.29, 0.717) is 24.4 Å². The summed E-state index contributed by atoms with van der Waals surface area (Å²) in [7, 11) is 0. The zero-order valence-corrected chi connectivity index (χ0v) is 18.3. The van der Waals surface area contributed by atoms with Gasteiger partial charge in [-0.25, -0.2) is 0 Å². The van der Waals surface area contributed by atoms with Gasteiger partial charge >= 0.3 is 0 Å². The highest BCUT2D eigenvalue weighted by Crippen LogP contribution is 2.63. The second kappa shape index (κ2) is 8.12. The normalized spacial score (nSPS) is 27.3. The lowest BCUT2D eigenvalue weighted by Crippen LogP contribution is -2.35. The van der Waals surface area contributed by atoms with E-state index in [1.807, 2.05) is 24.3 Å². The molecule has 0 saturated heterocycles. The average Bonchev–Trinajstić information content (AvgIpc) is 3.47. The number of fused-ring (bicyclic) bond motifs is 7. The fourth-order valence-electron chi connectivity index (χ4n) is 6.68. The van der Waals surface area contributed by atoms with Crippen LogP contribution in [0, 0.1) is 17.8 Å². The largest absolute Gasteiger partial charge is 0.378 e. The molecule has 0 spiro atoms. The molecule has 1 aliphatic heterocycles. The van der Waals surface area contributed by atoms with Gasteiger partial charge in [0.05, 0.1) is 6.04 Å². The highest BCUT2D eigenvalue weighted by molar-refractivity contribution is 5.95. The fraction of sp³-hybridized carbons (Fsp3) is 0.345. The molecule has 162 valence electrons. The number of anilines is 1. The standard InChI is InChI=1S/C29H30N2O/c32-29(30-16-15-19-7-3-1-4-8-19)23-13-14-25-24(18-23)26-21-11-12-22(17-21)27(26)28(31-25)20-9-5-2-6-10-20/h1-10,13-14,18,21-22,26-28,31H,11-12,15-17H2,(H,30,32)/t21-,22-,26-,27+,28-/m0/s1. The van der Waals surface area contributed by atoms with Crippen LogP contribution in [0.1, 0.15) is 58.3 Å². The molecule has 3 nitrogen and oxygen atoms in total. The summed E-state index contributed by atoms with van der Waals surface area (Å²) >= 11 is 0. The Hall–Kier alpha value is -3.07. The summed E-state index contributed by atoms with van der Waals surface area (Å²) in [6.07, 6.45) is 4.88. The minimum absolute atomic E-state index is 0.0358. The molecular weight excluding hydrogens is 392 g/mol. The zero-order chi connectivity index (χ0) is 21.5. The van der Waals surface area contributed by atoms with E-state index < -0.39 is 0 Å². The molecule has 5 atom stereocenters. The second-order valence-corrected chi connectivity index (χ2v) is 9.76. The van der Waals surface area contributed by atoms with Crippen molar-refractivity contribution in [2.45, 2.75) is 37.6 Å². The minimum atomic E-state index is 0.0358. The van der Waals surface area contributed by atoms with Crippen molar-refractivity contribution in [3.8, 4) is 0 Å². The summed E-state index contributed by atoms with van der Waals surface area (Å²) in [4.78, 5) is 12.9. The van der Waals surface area contributed by atoms with Gasteiger partial charge < -0.3 is 10.6 Å². The molecule has 2 aliphatic carbocycles. The maximum absolute atomic E-state index is 12.9. The van der Waals surface area contributed by atoms with Crippen LogP contribution in [0.15, 0.2) is 78.9 Å². The maximum Gasteiger partial charge on any atom is 0.251 e. The van der Waals surface area contributed by atoms with Crippen molar-refractivity contribution in [1.82, 2.24) is 5.32 Å². The lowest BCUT2D eigenvalue weighted by molar-refractivity contribution is 0.0954. The molecule has 2 saturated carbocycles. The molecule has 1 amide bonds. The third-order valence-corrected chi connectivity index (χ3v) is 8.05. The van der Waals surface area contributed by atoms with E-state index >= 15 is 0 Å². The molecule has 0 radical (unpaired) electrons. The van der Waals surface area contributed by atoms with E-state index in [4.69, 9.17) is 0 Å². The van der Waals surface area contributed by atoms with Gasteiger partial charge in [0.1, 0.15) is 0 Å². The number of rotatable bonds is 5. The van der Waals surface area contributed by atoms with E-state index in [2.05, 4.69) is 65.2 Å². The van der Waals surface area contributed by atoms with Crippen molar-refractivity contribution < 1.29 is 4.79 Å². The Morgan fingerprint density at radius 1 is 0.906 bits per heavy atom. The van der Waals surface area contributed by atoms with Crippen molar-refractivity contribution in [3.63, 3.8) is 0 Å². The third-order valence-electron chi connectivity index (χ3n) is 8.05. The third kappa shape index (κ3) is 3.40. The number of carbonyl (C=O) groups is 1. The average molecular weight is 423 g/mol. The molecule has 2 fully saturated rings. The summed E-state index contributed by atoms with van der Waals surface area (Å²) < 4.78 is 0. The SMILES string of the molecule is O=C(NCCc1ccccc1)c1ccc2c(c1)[C@@H]1[C@H]3CC[C@@H](C3)[C@H]1[C@H](c1ccccc1)N2. The van der Waals surface area contributed by atoms with Crippen LogP contribution in [0.4, 0.5) is 5.69 Å². The number of benzene rings is 3. The monoisotopic (exact) mass is 422 g/mol. The van der Waals surface area contributed by atoms with Gasteiger partial charge in [0, 0.05) is 17.8 Å². The summed E-state index contributed by atoms with van der Waals surface area (Å²) in [5.74, 6) is 2.77. The Balaban J connectivity index is 1.25. The quantitative estimate of drug-likeness (QED) is 0.533. The van der Waals surface area contributed by atoms with Crippen LogP contribution < -0.4 is 10.6 Å². The van der Waals surface area contributed by atoms with E-state index in [1.165, 1.54) is 41.6 Å². The lowest BCUT2D eigenvalue weighted by Gasteiger charge is -2.43. The number of amides is 1. The van der Waals surface area contributed by atoms with Crippen LogP contribution in [-0.4, -0.2) is 12.5 Å². The molecule has 0 unspecified atom stereocenters. The van der Waals surface area contributed by atoms with Crippen molar-refractivity contribution in [1.29, 1.82) is 0 Å². The Kier molecular flexibility index (Phi) is 4.98. The van der Waals surface area contributed by atoms with Crippen molar-refractivity contribution in [2.24, 2.45) is 17.8 Å². The van der Waals surface area contributed by atoms with Gasteiger partial charge in [0.25, 0.3) is 5.91 Å². The Morgan fingerprint density at radius 2 is 1.66 bits per heavy atom. The van der Waals surface area contributed by atoms with Crippen LogP contribution in [0.25, 0.3) is 0 Å². The maximum atomic E-state index is 12.9. The van der Waals surface area contributed by atoms with Crippen molar-refractivity contribution in [3.05, 3.63) is 101 Å². The van der Waals surface area contributed by atoms with Gasteiger partial charge in [-0.3, -0.25) is 4.79 Å².